The molecule has 0 saturated heterocycles. The number of hydrogen-bond donors (Lipinski definition) is 1. The zero-order valence-corrected chi connectivity index (χ0v) is 16.1. The summed E-state index contributed by atoms with van der Waals surface area (Å²) in [7, 11) is 0. The van der Waals surface area contributed by atoms with Crippen LogP contribution in [-0.2, 0) is 11.3 Å². The van der Waals surface area contributed by atoms with Gasteiger partial charge in [-0.3, -0.25) is 10.1 Å². The molecule has 3 rings (SSSR count). The summed E-state index contributed by atoms with van der Waals surface area (Å²) >= 11 is 1.42. The van der Waals surface area contributed by atoms with Gasteiger partial charge >= 0.3 is 5.97 Å². The summed E-state index contributed by atoms with van der Waals surface area (Å²) in [5.74, 6) is -0.675. The van der Waals surface area contributed by atoms with Crippen LogP contribution in [0, 0.1) is 13.8 Å². The van der Waals surface area contributed by atoms with Crippen molar-refractivity contribution in [2.75, 3.05) is 11.9 Å². The molecule has 136 valence electrons. The van der Waals surface area contributed by atoms with E-state index in [4.69, 9.17) is 4.74 Å². The number of ether oxygens (including phenoxy) is 1. The number of amides is 1. The number of hydrogen-bond acceptors (Lipinski definition) is 5. The molecule has 7 heteroatoms. The van der Waals surface area contributed by atoms with Crippen LogP contribution in [-0.4, -0.2) is 28.0 Å². The van der Waals surface area contributed by atoms with Gasteiger partial charge in [0.05, 0.1) is 22.4 Å². The second kappa shape index (κ2) is 7.29. The van der Waals surface area contributed by atoms with Crippen LogP contribution in [0.5, 0.6) is 0 Å². The Hall–Kier alpha value is -2.67. The number of rotatable bonds is 5. The summed E-state index contributed by atoms with van der Waals surface area (Å²) < 4.78 is 7.98. The van der Waals surface area contributed by atoms with Crippen molar-refractivity contribution >= 4 is 38.6 Å². The van der Waals surface area contributed by atoms with Gasteiger partial charge in [0.2, 0.25) is 0 Å². The highest BCUT2D eigenvalue weighted by atomic mass is 32.1. The molecule has 0 aliphatic heterocycles. The van der Waals surface area contributed by atoms with Crippen molar-refractivity contribution in [1.29, 1.82) is 0 Å². The number of para-hydroxylation sites is 1. The van der Waals surface area contributed by atoms with Gasteiger partial charge in [-0.05, 0) is 45.4 Å². The number of carbonyl (C=O) groups is 2. The molecule has 3 aromatic rings. The Morgan fingerprint density at radius 3 is 2.62 bits per heavy atom. The normalized spacial score (nSPS) is 10.9. The van der Waals surface area contributed by atoms with Gasteiger partial charge in [-0.1, -0.05) is 23.5 Å². The largest absolute Gasteiger partial charge is 0.461 e. The van der Waals surface area contributed by atoms with E-state index in [1.165, 1.54) is 11.3 Å². The van der Waals surface area contributed by atoms with Crippen LogP contribution in [0.3, 0.4) is 0 Å². The van der Waals surface area contributed by atoms with Crippen molar-refractivity contribution in [1.82, 2.24) is 9.55 Å². The van der Waals surface area contributed by atoms with Crippen LogP contribution in [0.4, 0.5) is 5.13 Å². The molecule has 0 fully saturated rings. The topological polar surface area (TPSA) is 73.2 Å². The average molecular weight is 371 g/mol. The van der Waals surface area contributed by atoms with Crippen LogP contribution in [0.25, 0.3) is 10.2 Å². The van der Waals surface area contributed by atoms with Crippen LogP contribution in [0.1, 0.15) is 46.0 Å². The Balaban J connectivity index is 1.97. The number of nitrogens with zero attached hydrogens (tertiary/aromatic N) is 2. The molecule has 1 N–H and O–H groups in total. The molecule has 0 aliphatic carbocycles. The van der Waals surface area contributed by atoms with Crippen molar-refractivity contribution in [3.63, 3.8) is 0 Å². The van der Waals surface area contributed by atoms with Crippen molar-refractivity contribution in [2.24, 2.45) is 0 Å². The highest BCUT2D eigenvalue weighted by molar-refractivity contribution is 7.22. The summed E-state index contributed by atoms with van der Waals surface area (Å²) in [4.78, 5) is 29.6. The summed E-state index contributed by atoms with van der Waals surface area (Å²) in [5, 5.41) is 3.41. The maximum atomic E-state index is 12.9. The van der Waals surface area contributed by atoms with E-state index in [0.29, 0.717) is 35.1 Å². The van der Waals surface area contributed by atoms with Gasteiger partial charge in [0.1, 0.15) is 5.69 Å². The van der Waals surface area contributed by atoms with Gasteiger partial charge in [-0.15, -0.1) is 0 Å². The predicted octanol–water partition coefficient (Wildman–Crippen LogP) is 4.16. The lowest BCUT2D eigenvalue weighted by atomic mass is 10.1. The number of anilines is 1. The van der Waals surface area contributed by atoms with E-state index >= 15 is 0 Å². The molecule has 2 heterocycles. The lowest BCUT2D eigenvalue weighted by Gasteiger charge is -2.08. The highest BCUT2D eigenvalue weighted by Crippen LogP contribution is 2.28. The lowest BCUT2D eigenvalue weighted by molar-refractivity contribution is 0.0512. The van der Waals surface area contributed by atoms with E-state index in [1.807, 2.05) is 42.7 Å². The first-order valence-electron chi connectivity index (χ1n) is 8.51. The first kappa shape index (κ1) is 18.1. The van der Waals surface area contributed by atoms with E-state index in [0.717, 1.165) is 15.9 Å². The molecule has 1 aromatic carbocycles. The maximum Gasteiger partial charge on any atom is 0.355 e. The Labute approximate surface area is 155 Å². The van der Waals surface area contributed by atoms with Gasteiger partial charge in [0.15, 0.2) is 5.13 Å². The summed E-state index contributed by atoms with van der Waals surface area (Å²) in [6.07, 6.45) is 0. The van der Waals surface area contributed by atoms with E-state index < -0.39 is 5.97 Å². The Bertz CT molecular complexity index is 954. The number of fused-ring (bicyclic) bond motifs is 1. The molecule has 1 amide bonds. The Morgan fingerprint density at radius 2 is 1.96 bits per heavy atom. The Morgan fingerprint density at radius 1 is 1.23 bits per heavy atom. The van der Waals surface area contributed by atoms with E-state index in [1.54, 1.807) is 13.8 Å². The predicted molar refractivity (Wildman–Crippen MR) is 103 cm³/mol. The van der Waals surface area contributed by atoms with Crippen molar-refractivity contribution in [3.8, 4) is 0 Å². The van der Waals surface area contributed by atoms with Gasteiger partial charge in [-0.2, -0.15) is 0 Å². The first-order valence-corrected chi connectivity index (χ1v) is 9.33. The SMILES string of the molecule is CCOC(=O)c1c(C)c(C(=O)Nc2nc3ccccc3s2)c(C)n1CC. The summed E-state index contributed by atoms with van der Waals surface area (Å²) in [5.41, 5.74) is 3.14. The fourth-order valence-corrected chi connectivity index (χ4v) is 4.03. The number of nitrogens with one attached hydrogen (secondary N) is 1. The van der Waals surface area contributed by atoms with Gasteiger partial charge in [0.25, 0.3) is 5.91 Å². The average Bonchev–Trinajstić information content (AvgIpc) is 3.12. The minimum absolute atomic E-state index is 0.267. The number of esters is 1. The zero-order chi connectivity index (χ0) is 18.8. The molecular formula is C19H21N3O3S. The molecule has 2 aromatic heterocycles. The summed E-state index contributed by atoms with van der Waals surface area (Å²) in [6, 6.07) is 7.72. The standard InChI is InChI=1S/C19H21N3O3S/c1-5-22-12(4)15(11(3)16(22)18(24)25-6-2)17(23)21-19-20-13-9-7-8-10-14(13)26-19/h7-10H,5-6H2,1-4H3,(H,20,21,23). The quantitative estimate of drug-likeness (QED) is 0.684. The van der Waals surface area contributed by atoms with Crippen molar-refractivity contribution in [3.05, 3.63) is 46.8 Å². The van der Waals surface area contributed by atoms with Gasteiger partial charge < -0.3 is 9.30 Å². The molecular weight excluding hydrogens is 350 g/mol. The van der Waals surface area contributed by atoms with Gasteiger partial charge in [-0.25, -0.2) is 9.78 Å². The molecule has 0 aliphatic rings. The number of carbonyl (C=O) groups excluding carboxylic acids is 2. The molecule has 0 atom stereocenters. The number of benzene rings is 1. The minimum Gasteiger partial charge on any atom is -0.461 e. The van der Waals surface area contributed by atoms with Crippen LogP contribution in [0.15, 0.2) is 24.3 Å². The van der Waals surface area contributed by atoms with Crippen molar-refractivity contribution < 1.29 is 14.3 Å². The fourth-order valence-electron chi connectivity index (χ4n) is 3.17. The summed E-state index contributed by atoms with van der Waals surface area (Å²) in [6.45, 7) is 8.18. The number of thiazole rings is 1. The third kappa shape index (κ3) is 3.10. The maximum absolute atomic E-state index is 12.9. The smallest absolute Gasteiger partial charge is 0.355 e. The second-order valence-corrected chi connectivity index (χ2v) is 6.87. The van der Waals surface area contributed by atoms with E-state index in [2.05, 4.69) is 10.3 Å². The van der Waals surface area contributed by atoms with Gasteiger partial charge in [0, 0.05) is 12.2 Å². The molecule has 0 saturated carbocycles. The molecule has 26 heavy (non-hydrogen) atoms. The number of aromatic nitrogens is 2. The highest BCUT2D eigenvalue weighted by Gasteiger charge is 2.27. The molecule has 0 unspecified atom stereocenters. The molecule has 0 spiro atoms. The van der Waals surface area contributed by atoms with Crippen LogP contribution >= 0.6 is 11.3 Å². The first-order chi connectivity index (χ1) is 12.5. The third-order valence-corrected chi connectivity index (χ3v) is 5.25. The molecule has 0 bridgehead atoms. The third-order valence-electron chi connectivity index (χ3n) is 4.29. The fraction of sp³-hybridized carbons (Fsp3) is 0.316. The second-order valence-electron chi connectivity index (χ2n) is 5.84. The minimum atomic E-state index is -0.408. The monoisotopic (exact) mass is 371 g/mol. The molecule has 6 nitrogen and oxygen atoms in total. The molecule has 0 radical (unpaired) electrons. The Kier molecular flexibility index (Phi) is 5.08. The van der Waals surface area contributed by atoms with Crippen LogP contribution < -0.4 is 5.32 Å². The van der Waals surface area contributed by atoms with E-state index in [9.17, 15) is 9.59 Å². The zero-order valence-electron chi connectivity index (χ0n) is 15.3. The van der Waals surface area contributed by atoms with Crippen molar-refractivity contribution in [2.45, 2.75) is 34.2 Å². The van der Waals surface area contributed by atoms with Crippen LogP contribution in [0.2, 0.25) is 0 Å². The lowest BCUT2D eigenvalue weighted by Crippen LogP contribution is -2.14. The van der Waals surface area contributed by atoms with E-state index in [-0.39, 0.29) is 5.91 Å².